The van der Waals surface area contributed by atoms with Crippen LogP contribution in [0.3, 0.4) is 0 Å². The minimum atomic E-state index is -1.11. The van der Waals surface area contributed by atoms with Crippen LogP contribution in [0.5, 0.6) is 5.75 Å². The highest BCUT2D eigenvalue weighted by atomic mass is 32.2. The predicted molar refractivity (Wildman–Crippen MR) is 83.4 cm³/mol. The summed E-state index contributed by atoms with van der Waals surface area (Å²) in [4.78, 5) is 0.870. The summed E-state index contributed by atoms with van der Waals surface area (Å²) in [7, 11) is 0.495. The predicted octanol–water partition coefficient (Wildman–Crippen LogP) is 3.20. The normalized spacial score (nSPS) is 12.2. The highest BCUT2D eigenvalue weighted by molar-refractivity contribution is 7.84. The van der Waals surface area contributed by atoms with E-state index in [0.717, 1.165) is 27.3 Å². The lowest BCUT2D eigenvalue weighted by atomic mass is 10.2. The van der Waals surface area contributed by atoms with Crippen molar-refractivity contribution in [1.29, 1.82) is 0 Å². The Morgan fingerprint density at radius 1 is 1.15 bits per heavy atom. The van der Waals surface area contributed by atoms with Crippen molar-refractivity contribution < 1.29 is 8.95 Å². The number of hydrogen-bond donors (Lipinski definition) is 1. The van der Waals surface area contributed by atoms with Crippen LogP contribution in [0.2, 0.25) is 0 Å². The Bertz CT molecular complexity index is 653. The highest BCUT2D eigenvalue weighted by Gasteiger charge is 2.12. The zero-order valence-corrected chi connectivity index (χ0v) is 12.8. The Labute approximate surface area is 122 Å². The van der Waals surface area contributed by atoms with Crippen LogP contribution in [0.15, 0.2) is 41.3 Å². The smallest absolute Gasteiger partial charge is 0.123 e. The number of hydrogen-bond acceptors (Lipinski definition) is 3. The maximum atomic E-state index is 12.6. The highest BCUT2D eigenvalue weighted by Crippen LogP contribution is 2.25. The van der Waals surface area contributed by atoms with Gasteiger partial charge in [-0.05, 0) is 49.2 Å². The number of ether oxygens (including phenoxy) is 1. The first-order valence-corrected chi connectivity index (χ1v) is 7.71. The number of nitrogens with two attached hydrogens (primary N) is 1. The van der Waals surface area contributed by atoms with E-state index in [1.165, 1.54) is 0 Å². The van der Waals surface area contributed by atoms with E-state index >= 15 is 0 Å². The zero-order chi connectivity index (χ0) is 14.7. The fraction of sp³-hybridized carbons (Fsp3) is 0.250. The lowest BCUT2D eigenvalue weighted by molar-refractivity contribution is 0.411. The lowest BCUT2D eigenvalue weighted by Gasteiger charge is -2.11. The summed E-state index contributed by atoms with van der Waals surface area (Å²) in [6, 6.07) is 11.4. The molecule has 0 aliphatic rings. The van der Waals surface area contributed by atoms with Gasteiger partial charge in [-0.3, -0.25) is 4.21 Å². The van der Waals surface area contributed by atoms with Crippen LogP contribution in [0.1, 0.15) is 16.7 Å². The third kappa shape index (κ3) is 3.20. The van der Waals surface area contributed by atoms with Crippen LogP contribution in [-0.2, 0) is 16.6 Å². The summed E-state index contributed by atoms with van der Waals surface area (Å²) < 4.78 is 17.9. The summed E-state index contributed by atoms with van der Waals surface area (Å²) in [5, 5.41) is 0. The van der Waals surface area contributed by atoms with Gasteiger partial charge in [-0.2, -0.15) is 0 Å². The van der Waals surface area contributed by atoms with Gasteiger partial charge in [0.05, 0.1) is 23.7 Å². The Hall–Kier alpha value is -1.81. The molecule has 0 heterocycles. The maximum absolute atomic E-state index is 12.6. The van der Waals surface area contributed by atoms with Crippen molar-refractivity contribution in [3.63, 3.8) is 0 Å². The fourth-order valence-electron chi connectivity index (χ4n) is 2.08. The van der Waals surface area contributed by atoms with Crippen LogP contribution in [0.25, 0.3) is 0 Å². The van der Waals surface area contributed by atoms with E-state index in [1.807, 2.05) is 44.2 Å². The van der Waals surface area contributed by atoms with Crippen molar-refractivity contribution in [3.8, 4) is 5.75 Å². The van der Waals surface area contributed by atoms with Crippen LogP contribution < -0.4 is 10.5 Å². The van der Waals surface area contributed by atoms with Gasteiger partial charge < -0.3 is 10.5 Å². The molecule has 1 unspecified atom stereocenters. The molecule has 1 atom stereocenters. The van der Waals surface area contributed by atoms with Gasteiger partial charge >= 0.3 is 0 Å². The van der Waals surface area contributed by atoms with Gasteiger partial charge in [0.2, 0.25) is 0 Å². The van der Waals surface area contributed by atoms with Crippen LogP contribution in [0, 0.1) is 13.8 Å². The number of rotatable bonds is 4. The Kier molecular flexibility index (Phi) is 4.45. The molecule has 0 fully saturated rings. The SMILES string of the molecule is COc1ccc(N)cc1CS(=O)c1cc(C)ccc1C. The summed E-state index contributed by atoms with van der Waals surface area (Å²) in [5.74, 6) is 1.12. The van der Waals surface area contributed by atoms with Gasteiger partial charge in [-0.15, -0.1) is 0 Å². The Morgan fingerprint density at radius 3 is 2.60 bits per heavy atom. The number of anilines is 1. The monoisotopic (exact) mass is 289 g/mol. The average Bonchev–Trinajstić information content (AvgIpc) is 2.41. The molecule has 0 aromatic heterocycles. The molecule has 0 spiro atoms. The molecule has 106 valence electrons. The third-order valence-corrected chi connectivity index (χ3v) is 4.68. The van der Waals surface area contributed by atoms with Gasteiger partial charge in [-0.1, -0.05) is 12.1 Å². The molecule has 0 radical (unpaired) electrons. The molecule has 0 saturated carbocycles. The van der Waals surface area contributed by atoms with Crippen molar-refractivity contribution in [2.75, 3.05) is 12.8 Å². The molecule has 2 aromatic rings. The summed E-state index contributed by atoms with van der Waals surface area (Å²) in [5.41, 5.74) is 9.46. The van der Waals surface area contributed by atoms with E-state index in [0.29, 0.717) is 11.4 Å². The quantitative estimate of drug-likeness (QED) is 0.879. The number of methoxy groups -OCH3 is 1. The third-order valence-electron chi connectivity index (χ3n) is 3.18. The van der Waals surface area contributed by atoms with E-state index in [2.05, 4.69) is 0 Å². The molecular weight excluding hydrogens is 270 g/mol. The van der Waals surface area contributed by atoms with E-state index in [1.54, 1.807) is 13.2 Å². The first kappa shape index (κ1) is 14.6. The first-order valence-electron chi connectivity index (χ1n) is 6.39. The van der Waals surface area contributed by atoms with Crippen LogP contribution in [-0.4, -0.2) is 11.3 Å². The molecular formula is C16H19NO2S. The van der Waals surface area contributed by atoms with Gasteiger partial charge in [0.15, 0.2) is 0 Å². The van der Waals surface area contributed by atoms with Crippen LogP contribution in [0.4, 0.5) is 5.69 Å². The minimum absolute atomic E-state index is 0.401. The molecule has 0 bridgehead atoms. The molecule has 20 heavy (non-hydrogen) atoms. The number of benzene rings is 2. The maximum Gasteiger partial charge on any atom is 0.123 e. The molecule has 0 amide bonds. The standard InChI is InChI=1S/C16H19NO2S/c1-11-4-5-12(2)16(8-11)20(18)10-13-9-14(17)6-7-15(13)19-3/h4-9H,10,17H2,1-3H3. The second kappa shape index (κ2) is 6.09. The summed E-state index contributed by atoms with van der Waals surface area (Å²) >= 11 is 0. The Balaban J connectivity index is 2.32. The van der Waals surface area contributed by atoms with Crippen molar-refractivity contribution in [3.05, 3.63) is 53.1 Å². The van der Waals surface area contributed by atoms with Crippen molar-refractivity contribution in [1.82, 2.24) is 0 Å². The summed E-state index contributed by atoms with van der Waals surface area (Å²) in [6.07, 6.45) is 0. The van der Waals surface area contributed by atoms with Gasteiger partial charge in [0, 0.05) is 16.1 Å². The van der Waals surface area contributed by atoms with Crippen molar-refractivity contribution >= 4 is 16.5 Å². The van der Waals surface area contributed by atoms with Crippen molar-refractivity contribution in [2.24, 2.45) is 0 Å². The van der Waals surface area contributed by atoms with E-state index in [4.69, 9.17) is 10.5 Å². The number of aryl methyl sites for hydroxylation is 2. The van der Waals surface area contributed by atoms with E-state index in [-0.39, 0.29) is 0 Å². The fourth-order valence-corrected chi connectivity index (χ4v) is 3.49. The first-order chi connectivity index (χ1) is 9.51. The molecule has 0 aliphatic carbocycles. The molecule has 2 N–H and O–H groups in total. The average molecular weight is 289 g/mol. The van der Waals surface area contributed by atoms with Crippen molar-refractivity contribution in [2.45, 2.75) is 24.5 Å². The largest absolute Gasteiger partial charge is 0.496 e. The van der Waals surface area contributed by atoms with E-state index < -0.39 is 10.8 Å². The molecule has 2 rings (SSSR count). The molecule has 0 saturated heterocycles. The van der Waals surface area contributed by atoms with Gasteiger partial charge in [-0.25, -0.2) is 0 Å². The van der Waals surface area contributed by atoms with Gasteiger partial charge in [0.1, 0.15) is 5.75 Å². The molecule has 3 nitrogen and oxygen atoms in total. The van der Waals surface area contributed by atoms with E-state index in [9.17, 15) is 4.21 Å². The zero-order valence-electron chi connectivity index (χ0n) is 12.0. The topological polar surface area (TPSA) is 52.3 Å². The molecule has 2 aromatic carbocycles. The second-order valence-electron chi connectivity index (χ2n) is 4.83. The Morgan fingerprint density at radius 2 is 1.90 bits per heavy atom. The minimum Gasteiger partial charge on any atom is -0.496 e. The van der Waals surface area contributed by atoms with Crippen LogP contribution >= 0.6 is 0 Å². The molecule has 4 heteroatoms. The number of nitrogen functional groups attached to an aromatic ring is 1. The lowest BCUT2D eigenvalue weighted by Crippen LogP contribution is -2.02. The summed E-state index contributed by atoms with van der Waals surface area (Å²) in [6.45, 7) is 3.98. The van der Waals surface area contributed by atoms with Gasteiger partial charge in [0.25, 0.3) is 0 Å². The second-order valence-corrected chi connectivity index (χ2v) is 6.25. The molecule has 0 aliphatic heterocycles.